The summed E-state index contributed by atoms with van der Waals surface area (Å²) in [4.78, 5) is 12.9. The number of ether oxygens (including phenoxy) is 3. The van der Waals surface area contributed by atoms with Gasteiger partial charge in [0, 0.05) is 28.6 Å². The molecule has 1 N–H and O–H groups in total. The van der Waals surface area contributed by atoms with E-state index in [0.29, 0.717) is 36.0 Å². The molecule has 0 bridgehead atoms. The lowest BCUT2D eigenvalue weighted by molar-refractivity contribution is -0.148. The molecular weight excluding hydrogens is 502 g/mol. The zero-order valence-electron chi connectivity index (χ0n) is 21.2. The minimum Gasteiger partial charge on any atom is -0.497 e. The molecular formula is C27H34ClNO6S. The number of nitrogens with one attached hydrogen (secondary N) is 1. The highest BCUT2D eigenvalue weighted by atomic mass is 35.5. The lowest BCUT2D eigenvalue weighted by atomic mass is 9.68. The molecule has 0 radical (unpaired) electrons. The Balaban J connectivity index is 1.60. The van der Waals surface area contributed by atoms with Crippen LogP contribution in [-0.4, -0.2) is 41.3 Å². The first-order chi connectivity index (χ1) is 17.1. The molecule has 0 heterocycles. The second-order valence-electron chi connectivity index (χ2n) is 9.77. The van der Waals surface area contributed by atoms with Crippen molar-refractivity contribution < 1.29 is 27.4 Å². The normalized spacial score (nSPS) is 24.2. The molecule has 196 valence electrons. The van der Waals surface area contributed by atoms with E-state index in [1.54, 1.807) is 26.4 Å². The molecule has 0 aromatic heterocycles. The van der Waals surface area contributed by atoms with Crippen molar-refractivity contribution in [2.75, 3.05) is 20.8 Å². The van der Waals surface area contributed by atoms with Crippen LogP contribution in [-0.2, 0) is 25.0 Å². The summed E-state index contributed by atoms with van der Waals surface area (Å²) < 4.78 is 45.4. The Morgan fingerprint density at radius 2 is 1.81 bits per heavy atom. The molecule has 2 aromatic carbocycles. The van der Waals surface area contributed by atoms with Crippen molar-refractivity contribution in [2.45, 2.75) is 68.2 Å². The molecule has 2 aliphatic rings. The SMILES string of the molecule is CCOC(=O)C(C)C1CC2(CCC(NS(=O)(=O)c3ccc(Cl)cc3)CC2)c2cc(OC)cc(OC)c21. The first-order valence-electron chi connectivity index (χ1n) is 12.3. The zero-order chi connectivity index (χ0) is 26.1. The highest BCUT2D eigenvalue weighted by molar-refractivity contribution is 7.89. The number of methoxy groups -OCH3 is 2. The minimum atomic E-state index is -3.65. The van der Waals surface area contributed by atoms with Gasteiger partial charge in [-0.15, -0.1) is 0 Å². The van der Waals surface area contributed by atoms with Crippen LogP contribution in [0.4, 0.5) is 0 Å². The predicted molar refractivity (Wildman–Crippen MR) is 138 cm³/mol. The fraction of sp³-hybridized carbons (Fsp3) is 0.519. The number of sulfonamides is 1. The van der Waals surface area contributed by atoms with Crippen LogP contribution in [0.3, 0.4) is 0 Å². The molecule has 2 aromatic rings. The average Bonchev–Trinajstić information content (AvgIpc) is 3.18. The minimum absolute atomic E-state index is 0.0535. The molecule has 0 aliphatic heterocycles. The molecule has 0 amide bonds. The van der Waals surface area contributed by atoms with E-state index >= 15 is 0 Å². The number of hydrogen-bond donors (Lipinski definition) is 1. The van der Waals surface area contributed by atoms with E-state index in [9.17, 15) is 13.2 Å². The number of fused-ring (bicyclic) bond motifs is 2. The van der Waals surface area contributed by atoms with Crippen LogP contribution >= 0.6 is 11.6 Å². The Morgan fingerprint density at radius 3 is 2.39 bits per heavy atom. The van der Waals surface area contributed by atoms with E-state index < -0.39 is 10.0 Å². The fourth-order valence-electron chi connectivity index (χ4n) is 5.87. The first kappa shape index (κ1) is 26.8. The summed E-state index contributed by atoms with van der Waals surface area (Å²) in [6.07, 6.45) is 3.73. The van der Waals surface area contributed by atoms with Crippen molar-refractivity contribution in [3.8, 4) is 11.5 Å². The summed E-state index contributed by atoms with van der Waals surface area (Å²) >= 11 is 5.92. The van der Waals surface area contributed by atoms with Gasteiger partial charge in [-0.3, -0.25) is 4.79 Å². The summed E-state index contributed by atoms with van der Waals surface area (Å²) in [5, 5.41) is 0.492. The second kappa shape index (κ2) is 10.6. The number of halogens is 1. The maximum absolute atomic E-state index is 12.9. The molecule has 1 saturated carbocycles. The predicted octanol–water partition coefficient (Wildman–Crippen LogP) is 5.20. The Morgan fingerprint density at radius 1 is 1.14 bits per heavy atom. The van der Waals surface area contributed by atoms with Gasteiger partial charge >= 0.3 is 5.97 Å². The molecule has 2 atom stereocenters. The summed E-state index contributed by atoms with van der Waals surface area (Å²) in [5.74, 6) is 0.828. The first-order valence-corrected chi connectivity index (χ1v) is 14.2. The maximum atomic E-state index is 12.9. The lowest BCUT2D eigenvalue weighted by Crippen LogP contribution is -2.41. The van der Waals surface area contributed by atoms with Gasteiger partial charge in [0.1, 0.15) is 11.5 Å². The van der Waals surface area contributed by atoms with Gasteiger partial charge in [-0.05, 0) is 80.3 Å². The summed E-state index contributed by atoms with van der Waals surface area (Å²) in [6, 6.07) is 9.95. The molecule has 1 spiro atoms. The highest BCUT2D eigenvalue weighted by Crippen LogP contribution is 2.59. The van der Waals surface area contributed by atoms with Crippen LogP contribution in [0.15, 0.2) is 41.3 Å². The Kier molecular flexibility index (Phi) is 7.88. The Bertz CT molecular complexity index is 1210. The van der Waals surface area contributed by atoms with Crippen molar-refractivity contribution in [1.29, 1.82) is 0 Å². The van der Waals surface area contributed by atoms with Crippen LogP contribution in [0, 0.1) is 5.92 Å². The number of carbonyl (C=O) groups excluding carboxylic acids is 1. The van der Waals surface area contributed by atoms with Gasteiger partial charge in [0.2, 0.25) is 10.0 Å². The second-order valence-corrected chi connectivity index (χ2v) is 11.9. The van der Waals surface area contributed by atoms with Crippen molar-refractivity contribution >= 4 is 27.6 Å². The number of rotatable bonds is 8. The van der Waals surface area contributed by atoms with Gasteiger partial charge in [-0.2, -0.15) is 0 Å². The third-order valence-electron chi connectivity index (χ3n) is 7.77. The lowest BCUT2D eigenvalue weighted by Gasteiger charge is -2.39. The van der Waals surface area contributed by atoms with E-state index in [0.717, 1.165) is 30.4 Å². The average molecular weight is 536 g/mol. The molecule has 7 nitrogen and oxygen atoms in total. The molecule has 0 saturated heterocycles. The Labute approximate surface area is 218 Å². The van der Waals surface area contributed by atoms with Crippen LogP contribution in [0.1, 0.15) is 63.0 Å². The molecule has 4 rings (SSSR count). The van der Waals surface area contributed by atoms with Crippen molar-refractivity contribution in [3.63, 3.8) is 0 Å². The van der Waals surface area contributed by atoms with E-state index in [1.165, 1.54) is 12.1 Å². The topological polar surface area (TPSA) is 90.9 Å². The fourth-order valence-corrected chi connectivity index (χ4v) is 7.30. The monoisotopic (exact) mass is 535 g/mol. The number of esters is 1. The third kappa shape index (κ3) is 5.08. The Hall–Kier alpha value is -2.29. The zero-order valence-corrected chi connectivity index (χ0v) is 22.7. The molecule has 2 unspecified atom stereocenters. The van der Waals surface area contributed by atoms with Crippen LogP contribution < -0.4 is 14.2 Å². The van der Waals surface area contributed by atoms with Crippen LogP contribution in [0.5, 0.6) is 11.5 Å². The van der Waals surface area contributed by atoms with Crippen molar-refractivity contribution in [3.05, 3.63) is 52.5 Å². The number of carbonyl (C=O) groups is 1. The van der Waals surface area contributed by atoms with Gasteiger partial charge in [0.15, 0.2) is 0 Å². The molecule has 36 heavy (non-hydrogen) atoms. The van der Waals surface area contributed by atoms with E-state index in [2.05, 4.69) is 10.8 Å². The highest BCUT2D eigenvalue weighted by Gasteiger charge is 2.50. The largest absolute Gasteiger partial charge is 0.497 e. The molecule has 1 fully saturated rings. The summed E-state index contributed by atoms with van der Waals surface area (Å²) in [5.41, 5.74) is 1.99. The van der Waals surface area contributed by atoms with Gasteiger partial charge in [0.25, 0.3) is 0 Å². The molecule has 2 aliphatic carbocycles. The number of benzene rings is 2. The standard InChI is InChI=1S/C27H34ClNO6S/c1-5-35-26(30)17(2)22-16-27(23-14-20(33-3)15-24(34-4)25(22)23)12-10-19(11-13-27)29-36(31,32)21-8-6-18(28)7-9-21/h6-9,14-15,17,19,22,29H,5,10-13,16H2,1-4H3. The summed E-state index contributed by atoms with van der Waals surface area (Å²) in [7, 11) is -0.383. The summed E-state index contributed by atoms with van der Waals surface area (Å²) in [6.45, 7) is 4.07. The van der Waals surface area contributed by atoms with Crippen LogP contribution in [0.2, 0.25) is 5.02 Å². The van der Waals surface area contributed by atoms with Gasteiger partial charge < -0.3 is 14.2 Å². The number of hydrogen-bond acceptors (Lipinski definition) is 6. The van der Waals surface area contributed by atoms with E-state index in [4.69, 9.17) is 25.8 Å². The van der Waals surface area contributed by atoms with Crippen LogP contribution in [0.25, 0.3) is 0 Å². The maximum Gasteiger partial charge on any atom is 0.309 e. The quantitative estimate of drug-likeness (QED) is 0.467. The van der Waals surface area contributed by atoms with E-state index in [1.807, 2.05) is 19.9 Å². The van der Waals surface area contributed by atoms with Gasteiger partial charge in [-0.1, -0.05) is 18.5 Å². The molecule has 9 heteroatoms. The van der Waals surface area contributed by atoms with Gasteiger partial charge in [0.05, 0.1) is 31.6 Å². The van der Waals surface area contributed by atoms with Crippen molar-refractivity contribution in [1.82, 2.24) is 4.72 Å². The van der Waals surface area contributed by atoms with Gasteiger partial charge in [-0.25, -0.2) is 13.1 Å². The van der Waals surface area contributed by atoms with E-state index in [-0.39, 0.29) is 34.2 Å². The third-order valence-corrected chi connectivity index (χ3v) is 9.56. The smallest absolute Gasteiger partial charge is 0.309 e. The van der Waals surface area contributed by atoms with Crippen molar-refractivity contribution in [2.24, 2.45) is 5.92 Å².